The molecule has 2 N–H and O–H groups in total. The monoisotopic (exact) mass is 341 g/mol. The summed E-state index contributed by atoms with van der Waals surface area (Å²) in [6.45, 7) is 3.60. The van der Waals surface area contributed by atoms with Gasteiger partial charge < -0.3 is 15.4 Å². The quantitative estimate of drug-likeness (QED) is 0.647. The summed E-state index contributed by atoms with van der Waals surface area (Å²) >= 11 is 0. The van der Waals surface area contributed by atoms with E-state index in [1.54, 1.807) is 19.4 Å². The topological polar surface area (TPSA) is 63.2 Å². The Morgan fingerprint density at radius 3 is 2.68 bits per heavy atom. The molecule has 1 aromatic heterocycles. The van der Waals surface area contributed by atoms with Crippen molar-refractivity contribution in [2.45, 2.75) is 32.6 Å². The van der Waals surface area contributed by atoms with Crippen molar-refractivity contribution >= 4 is 11.7 Å². The Hall–Kier alpha value is -2.56. The van der Waals surface area contributed by atoms with Crippen LogP contribution in [0.4, 0.5) is 5.82 Å². The molecule has 1 amide bonds. The fourth-order valence-corrected chi connectivity index (χ4v) is 2.55. The van der Waals surface area contributed by atoms with Crippen molar-refractivity contribution in [2.24, 2.45) is 0 Å². The van der Waals surface area contributed by atoms with Crippen molar-refractivity contribution in [1.82, 2.24) is 10.3 Å². The fraction of sp³-hybridized carbons (Fsp3) is 0.400. The molecule has 5 heteroatoms. The Morgan fingerprint density at radius 2 is 1.96 bits per heavy atom. The largest absolute Gasteiger partial charge is 0.496 e. The van der Waals surface area contributed by atoms with Crippen LogP contribution in [-0.2, 0) is 6.42 Å². The van der Waals surface area contributed by atoms with Crippen molar-refractivity contribution in [2.75, 3.05) is 25.5 Å². The van der Waals surface area contributed by atoms with E-state index in [9.17, 15) is 4.79 Å². The van der Waals surface area contributed by atoms with Gasteiger partial charge in [-0.05, 0) is 36.6 Å². The maximum Gasteiger partial charge on any atom is 0.252 e. The van der Waals surface area contributed by atoms with E-state index in [-0.39, 0.29) is 5.91 Å². The number of amides is 1. The average Bonchev–Trinajstić information content (AvgIpc) is 2.66. The molecular formula is C20H27N3O2. The van der Waals surface area contributed by atoms with E-state index in [1.807, 2.05) is 24.3 Å². The van der Waals surface area contributed by atoms with Crippen molar-refractivity contribution in [3.8, 4) is 5.75 Å². The van der Waals surface area contributed by atoms with E-state index in [4.69, 9.17) is 4.74 Å². The lowest BCUT2D eigenvalue weighted by atomic mass is 10.1. The molecule has 0 saturated heterocycles. The highest BCUT2D eigenvalue weighted by molar-refractivity contribution is 5.94. The molecule has 2 aromatic rings. The highest BCUT2D eigenvalue weighted by Crippen LogP contribution is 2.17. The molecule has 0 radical (unpaired) electrons. The van der Waals surface area contributed by atoms with Crippen molar-refractivity contribution in [3.63, 3.8) is 0 Å². The number of carbonyl (C=O) groups excluding carboxylic acids is 1. The van der Waals surface area contributed by atoms with Gasteiger partial charge in [0.2, 0.25) is 0 Å². The van der Waals surface area contributed by atoms with Gasteiger partial charge in [-0.1, -0.05) is 38.0 Å². The summed E-state index contributed by atoms with van der Waals surface area (Å²) in [5.74, 6) is 1.59. The Morgan fingerprint density at radius 1 is 1.12 bits per heavy atom. The van der Waals surface area contributed by atoms with E-state index < -0.39 is 0 Å². The number of pyridine rings is 1. The molecular weight excluding hydrogens is 314 g/mol. The third kappa shape index (κ3) is 6.10. The summed E-state index contributed by atoms with van der Waals surface area (Å²) < 4.78 is 5.35. The van der Waals surface area contributed by atoms with Gasteiger partial charge in [0.15, 0.2) is 0 Å². The minimum absolute atomic E-state index is 0.0656. The van der Waals surface area contributed by atoms with Crippen LogP contribution in [0, 0.1) is 0 Å². The van der Waals surface area contributed by atoms with Gasteiger partial charge in [-0.2, -0.15) is 0 Å². The van der Waals surface area contributed by atoms with Crippen LogP contribution in [0.5, 0.6) is 5.75 Å². The van der Waals surface area contributed by atoms with Crippen LogP contribution < -0.4 is 15.4 Å². The molecule has 0 unspecified atom stereocenters. The average molecular weight is 341 g/mol. The molecule has 0 atom stereocenters. The minimum Gasteiger partial charge on any atom is -0.496 e. The first-order chi connectivity index (χ1) is 12.2. The summed E-state index contributed by atoms with van der Waals surface area (Å²) in [6, 6.07) is 11.6. The third-order valence-corrected chi connectivity index (χ3v) is 3.98. The van der Waals surface area contributed by atoms with Crippen LogP contribution >= 0.6 is 0 Å². The first-order valence-corrected chi connectivity index (χ1v) is 8.84. The van der Waals surface area contributed by atoms with Gasteiger partial charge in [0.25, 0.3) is 5.91 Å². The van der Waals surface area contributed by atoms with Gasteiger partial charge in [0.1, 0.15) is 11.6 Å². The molecule has 0 spiro atoms. The molecule has 0 aliphatic carbocycles. The normalized spacial score (nSPS) is 10.3. The van der Waals surface area contributed by atoms with Crippen LogP contribution in [-0.4, -0.2) is 31.1 Å². The van der Waals surface area contributed by atoms with Crippen LogP contribution in [0.2, 0.25) is 0 Å². The number of anilines is 1. The SMILES string of the molecule is CCCCCNC(=O)c1ccc(NCCc2ccccc2OC)nc1. The second-order valence-electron chi connectivity index (χ2n) is 5.88. The molecule has 0 saturated carbocycles. The number of nitrogens with one attached hydrogen (secondary N) is 2. The van der Waals surface area contributed by atoms with Crippen LogP contribution in [0.25, 0.3) is 0 Å². The maximum atomic E-state index is 12.0. The number of hydrogen-bond donors (Lipinski definition) is 2. The molecule has 0 bridgehead atoms. The maximum absolute atomic E-state index is 12.0. The highest BCUT2D eigenvalue weighted by atomic mass is 16.5. The molecule has 2 rings (SSSR count). The predicted octanol–water partition coefficient (Wildman–Crippen LogP) is 3.66. The molecule has 0 fully saturated rings. The molecule has 1 aromatic carbocycles. The Balaban J connectivity index is 1.79. The molecule has 0 aliphatic rings. The molecule has 1 heterocycles. The summed E-state index contributed by atoms with van der Waals surface area (Å²) in [5.41, 5.74) is 1.74. The van der Waals surface area contributed by atoms with E-state index in [1.165, 1.54) is 0 Å². The van der Waals surface area contributed by atoms with Gasteiger partial charge >= 0.3 is 0 Å². The van der Waals surface area contributed by atoms with Gasteiger partial charge in [-0.3, -0.25) is 4.79 Å². The fourth-order valence-electron chi connectivity index (χ4n) is 2.55. The Bertz CT molecular complexity index is 656. The number of hydrogen-bond acceptors (Lipinski definition) is 4. The van der Waals surface area contributed by atoms with Crippen LogP contribution in [0.1, 0.15) is 42.1 Å². The van der Waals surface area contributed by atoms with Gasteiger partial charge in [-0.25, -0.2) is 4.98 Å². The first-order valence-electron chi connectivity index (χ1n) is 8.84. The Labute approximate surface area is 149 Å². The highest BCUT2D eigenvalue weighted by Gasteiger charge is 2.06. The first kappa shape index (κ1) is 18.8. The van der Waals surface area contributed by atoms with Crippen LogP contribution in [0.3, 0.4) is 0 Å². The van der Waals surface area contributed by atoms with E-state index in [0.29, 0.717) is 12.1 Å². The number of benzene rings is 1. The van der Waals surface area contributed by atoms with Crippen molar-refractivity contribution in [1.29, 1.82) is 0 Å². The van der Waals surface area contributed by atoms with E-state index in [2.05, 4.69) is 28.6 Å². The zero-order chi connectivity index (χ0) is 17.9. The lowest BCUT2D eigenvalue weighted by Crippen LogP contribution is -2.24. The standard InChI is InChI=1S/C20H27N3O2/c1-3-4-7-13-22-20(24)17-10-11-19(23-15-17)21-14-12-16-8-5-6-9-18(16)25-2/h5-6,8-11,15H,3-4,7,12-14H2,1-2H3,(H,21,23)(H,22,24). The number of aromatic nitrogens is 1. The number of unbranched alkanes of at least 4 members (excludes halogenated alkanes) is 2. The summed E-state index contributed by atoms with van der Waals surface area (Å²) in [7, 11) is 1.68. The number of nitrogens with zero attached hydrogens (tertiary/aromatic N) is 1. The van der Waals surface area contributed by atoms with E-state index >= 15 is 0 Å². The Kier molecular flexibility index (Phi) is 7.76. The zero-order valence-corrected chi connectivity index (χ0v) is 15.0. The van der Waals surface area contributed by atoms with Crippen molar-refractivity contribution in [3.05, 3.63) is 53.7 Å². The number of carbonyl (C=O) groups is 1. The predicted molar refractivity (Wildman–Crippen MR) is 101 cm³/mol. The second-order valence-corrected chi connectivity index (χ2v) is 5.88. The van der Waals surface area contributed by atoms with E-state index in [0.717, 1.165) is 49.4 Å². The molecule has 0 aliphatic heterocycles. The van der Waals surface area contributed by atoms with Crippen LogP contribution in [0.15, 0.2) is 42.6 Å². The number of rotatable bonds is 10. The summed E-state index contributed by atoms with van der Waals surface area (Å²) in [4.78, 5) is 16.3. The molecule has 134 valence electrons. The lowest BCUT2D eigenvalue weighted by molar-refractivity contribution is 0.0952. The van der Waals surface area contributed by atoms with Gasteiger partial charge in [0.05, 0.1) is 12.7 Å². The smallest absolute Gasteiger partial charge is 0.252 e. The summed E-state index contributed by atoms with van der Waals surface area (Å²) in [6.07, 6.45) is 5.74. The van der Waals surface area contributed by atoms with Gasteiger partial charge in [0, 0.05) is 19.3 Å². The molecule has 5 nitrogen and oxygen atoms in total. The summed E-state index contributed by atoms with van der Waals surface area (Å²) in [5, 5.41) is 6.19. The number of para-hydroxylation sites is 1. The molecule has 25 heavy (non-hydrogen) atoms. The number of ether oxygens (including phenoxy) is 1. The number of methoxy groups -OCH3 is 1. The second kappa shape index (κ2) is 10.3. The van der Waals surface area contributed by atoms with Crippen molar-refractivity contribution < 1.29 is 9.53 Å². The zero-order valence-electron chi connectivity index (χ0n) is 15.0. The lowest BCUT2D eigenvalue weighted by Gasteiger charge is -2.10. The minimum atomic E-state index is -0.0656. The third-order valence-electron chi connectivity index (χ3n) is 3.98. The van der Waals surface area contributed by atoms with Gasteiger partial charge in [-0.15, -0.1) is 0 Å².